The second kappa shape index (κ2) is 12.6. The Morgan fingerprint density at radius 1 is 0.818 bits per heavy atom. The average Bonchev–Trinajstić information content (AvgIpc) is 2.85. The predicted octanol–water partition coefficient (Wildman–Crippen LogP) is 10.0. The second-order valence-corrected chi connectivity index (χ2v) is 11.9. The zero-order valence-corrected chi connectivity index (χ0v) is 21.4. The van der Waals surface area contributed by atoms with Gasteiger partial charge >= 0.3 is 0 Å². The molecule has 0 bridgehead atoms. The molecule has 0 nitrogen and oxygen atoms in total. The standard InChI is InChI=1S/C32H49F/c1-3-5-6-7-8-10-24-11-13-25(14-12-24)27-17-18-29-22-30(20-19-28(29)21-27)31-16-15-26(9-4-2)32(33)23-31/h4,15-16,23-25,27-30H,2-3,5-14,17-22H2,1H3. The lowest BCUT2D eigenvalue weighted by Gasteiger charge is -2.45. The largest absolute Gasteiger partial charge is 0.207 e. The van der Waals surface area contributed by atoms with Gasteiger partial charge in [0.15, 0.2) is 0 Å². The van der Waals surface area contributed by atoms with Crippen LogP contribution in [0.15, 0.2) is 30.9 Å². The molecule has 4 unspecified atom stereocenters. The molecule has 1 aromatic rings. The van der Waals surface area contributed by atoms with E-state index in [4.69, 9.17) is 0 Å². The molecule has 0 N–H and O–H groups in total. The Morgan fingerprint density at radius 2 is 1.48 bits per heavy atom. The number of halogens is 1. The van der Waals surface area contributed by atoms with Gasteiger partial charge in [0, 0.05) is 0 Å². The van der Waals surface area contributed by atoms with Crippen molar-refractivity contribution >= 4 is 0 Å². The van der Waals surface area contributed by atoms with E-state index >= 15 is 0 Å². The summed E-state index contributed by atoms with van der Waals surface area (Å²) in [5.41, 5.74) is 2.03. The number of rotatable bonds is 10. The van der Waals surface area contributed by atoms with Gasteiger partial charge in [0.05, 0.1) is 0 Å². The highest BCUT2D eigenvalue weighted by Crippen LogP contribution is 2.51. The van der Waals surface area contributed by atoms with Gasteiger partial charge in [0.25, 0.3) is 0 Å². The summed E-state index contributed by atoms with van der Waals surface area (Å²) in [6.45, 7) is 6.06. The van der Waals surface area contributed by atoms with E-state index in [1.165, 1.54) is 108 Å². The van der Waals surface area contributed by atoms with Crippen LogP contribution in [0.4, 0.5) is 4.39 Å². The first kappa shape index (κ1) is 25.0. The van der Waals surface area contributed by atoms with E-state index in [1.54, 1.807) is 6.08 Å². The van der Waals surface area contributed by atoms with Gasteiger partial charge in [0.1, 0.15) is 5.82 Å². The molecular formula is C32H49F. The van der Waals surface area contributed by atoms with Crippen molar-refractivity contribution in [2.24, 2.45) is 29.6 Å². The van der Waals surface area contributed by atoms with E-state index in [0.717, 1.165) is 35.2 Å². The van der Waals surface area contributed by atoms with Gasteiger partial charge in [0.2, 0.25) is 0 Å². The van der Waals surface area contributed by atoms with Crippen LogP contribution < -0.4 is 0 Å². The molecule has 0 saturated heterocycles. The van der Waals surface area contributed by atoms with Gasteiger partial charge in [-0.15, -0.1) is 6.58 Å². The van der Waals surface area contributed by atoms with Crippen molar-refractivity contribution in [2.45, 2.75) is 122 Å². The molecule has 4 rings (SSSR count). The maximum atomic E-state index is 14.5. The summed E-state index contributed by atoms with van der Waals surface area (Å²) >= 11 is 0. The minimum Gasteiger partial charge on any atom is -0.207 e. The molecule has 1 heteroatoms. The summed E-state index contributed by atoms with van der Waals surface area (Å²) in [7, 11) is 0. The van der Waals surface area contributed by atoms with Gasteiger partial charge in [-0.3, -0.25) is 0 Å². The Bertz CT molecular complexity index is 728. The average molecular weight is 453 g/mol. The quantitative estimate of drug-likeness (QED) is 0.245. The van der Waals surface area contributed by atoms with Gasteiger partial charge < -0.3 is 0 Å². The van der Waals surface area contributed by atoms with E-state index in [2.05, 4.69) is 19.6 Å². The van der Waals surface area contributed by atoms with Crippen molar-refractivity contribution in [3.8, 4) is 0 Å². The van der Waals surface area contributed by atoms with E-state index in [9.17, 15) is 4.39 Å². The van der Waals surface area contributed by atoms with Gasteiger partial charge in [-0.2, -0.15) is 0 Å². The number of fused-ring (bicyclic) bond motifs is 1. The first-order valence-electron chi connectivity index (χ1n) is 14.6. The third-order valence-electron chi connectivity index (χ3n) is 9.84. The Balaban J connectivity index is 1.20. The smallest absolute Gasteiger partial charge is 0.126 e. The van der Waals surface area contributed by atoms with E-state index in [0.29, 0.717) is 12.3 Å². The molecule has 0 spiro atoms. The summed E-state index contributed by atoms with van der Waals surface area (Å²) in [6.07, 6.45) is 25.5. The summed E-state index contributed by atoms with van der Waals surface area (Å²) in [5, 5.41) is 0. The van der Waals surface area contributed by atoms with Gasteiger partial charge in [-0.25, -0.2) is 4.39 Å². The van der Waals surface area contributed by atoms with Crippen LogP contribution >= 0.6 is 0 Å². The highest BCUT2D eigenvalue weighted by molar-refractivity contribution is 5.28. The van der Waals surface area contributed by atoms with Crippen LogP contribution in [0.1, 0.15) is 127 Å². The van der Waals surface area contributed by atoms with Crippen LogP contribution in [0.2, 0.25) is 0 Å². The van der Waals surface area contributed by atoms with Crippen molar-refractivity contribution in [2.75, 3.05) is 0 Å². The van der Waals surface area contributed by atoms with Crippen molar-refractivity contribution in [1.82, 2.24) is 0 Å². The maximum absolute atomic E-state index is 14.5. The number of benzene rings is 1. The Morgan fingerprint density at radius 3 is 2.21 bits per heavy atom. The fourth-order valence-corrected chi connectivity index (χ4v) is 7.78. The summed E-state index contributed by atoms with van der Waals surface area (Å²) in [6, 6.07) is 6.02. The van der Waals surface area contributed by atoms with Crippen molar-refractivity contribution in [1.29, 1.82) is 0 Å². The minimum atomic E-state index is -0.0326. The SMILES string of the molecule is C=CCc1ccc(C2CCC3CC(C4CCC(CCCCCCC)CC4)CCC3C2)cc1F. The normalized spacial score (nSPS) is 32.3. The summed E-state index contributed by atoms with van der Waals surface area (Å²) < 4.78 is 14.5. The number of hydrogen-bond acceptors (Lipinski definition) is 0. The third-order valence-corrected chi connectivity index (χ3v) is 9.84. The number of hydrogen-bond donors (Lipinski definition) is 0. The highest BCUT2D eigenvalue weighted by atomic mass is 19.1. The third kappa shape index (κ3) is 6.73. The molecule has 0 aromatic heterocycles. The Labute approximate surface area is 203 Å². The fourth-order valence-electron chi connectivity index (χ4n) is 7.78. The van der Waals surface area contributed by atoms with Crippen LogP contribution in [-0.4, -0.2) is 0 Å². The molecule has 33 heavy (non-hydrogen) atoms. The molecule has 4 atom stereocenters. The second-order valence-electron chi connectivity index (χ2n) is 11.9. The van der Waals surface area contributed by atoms with Gasteiger partial charge in [-0.05, 0) is 110 Å². The van der Waals surface area contributed by atoms with Crippen LogP contribution in [0, 0.1) is 35.4 Å². The zero-order valence-electron chi connectivity index (χ0n) is 21.4. The van der Waals surface area contributed by atoms with E-state index < -0.39 is 0 Å². The van der Waals surface area contributed by atoms with Gasteiger partial charge in [-0.1, -0.05) is 76.5 Å². The van der Waals surface area contributed by atoms with Crippen LogP contribution in [-0.2, 0) is 6.42 Å². The Hall–Kier alpha value is -1.11. The molecule has 3 aliphatic carbocycles. The zero-order chi connectivity index (χ0) is 23.0. The van der Waals surface area contributed by atoms with Crippen molar-refractivity contribution < 1.29 is 4.39 Å². The minimum absolute atomic E-state index is 0.0326. The summed E-state index contributed by atoms with van der Waals surface area (Å²) in [4.78, 5) is 0. The lowest BCUT2D eigenvalue weighted by molar-refractivity contribution is 0.0710. The first-order valence-corrected chi connectivity index (χ1v) is 14.6. The molecule has 0 heterocycles. The number of unbranched alkanes of at least 4 members (excludes halogenated alkanes) is 4. The molecule has 3 aliphatic rings. The molecule has 0 radical (unpaired) electrons. The molecule has 0 amide bonds. The molecule has 184 valence electrons. The van der Waals surface area contributed by atoms with E-state index in [-0.39, 0.29) is 5.82 Å². The molecule has 0 aliphatic heterocycles. The van der Waals surface area contributed by atoms with Crippen molar-refractivity contribution in [3.63, 3.8) is 0 Å². The lowest BCUT2D eigenvalue weighted by Crippen LogP contribution is -2.34. The molecule has 1 aromatic carbocycles. The fraction of sp³-hybridized carbons (Fsp3) is 0.750. The molecule has 3 fully saturated rings. The Kier molecular flexibility index (Phi) is 9.51. The van der Waals surface area contributed by atoms with E-state index in [1.807, 2.05) is 12.1 Å². The predicted molar refractivity (Wildman–Crippen MR) is 140 cm³/mol. The first-order chi connectivity index (χ1) is 16.2. The maximum Gasteiger partial charge on any atom is 0.126 e. The van der Waals surface area contributed by atoms with Crippen LogP contribution in [0.25, 0.3) is 0 Å². The molecule has 3 saturated carbocycles. The van der Waals surface area contributed by atoms with Crippen LogP contribution in [0.5, 0.6) is 0 Å². The van der Waals surface area contributed by atoms with Crippen LogP contribution in [0.3, 0.4) is 0 Å². The highest BCUT2D eigenvalue weighted by Gasteiger charge is 2.39. The molecular weight excluding hydrogens is 403 g/mol. The monoisotopic (exact) mass is 452 g/mol. The lowest BCUT2D eigenvalue weighted by atomic mass is 9.60. The number of allylic oxidation sites excluding steroid dienone is 1. The summed E-state index contributed by atoms with van der Waals surface area (Å²) in [5.74, 6) is 5.43. The topological polar surface area (TPSA) is 0 Å². The van der Waals surface area contributed by atoms with Crippen molar-refractivity contribution in [3.05, 3.63) is 47.8 Å².